The fraction of sp³-hybridized carbons (Fsp3) is 0.417. The number of hydrogen-bond acceptors (Lipinski definition) is 4. The van der Waals surface area contributed by atoms with Crippen LogP contribution in [0.2, 0.25) is 0 Å². The molecule has 0 bridgehead atoms. The van der Waals surface area contributed by atoms with Crippen molar-refractivity contribution in [1.29, 1.82) is 0 Å². The highest BCUT2D eigenvalue weighted by Crippen LogP contribution is 2.18. The van der Waals surface area contributed by atoms with Crippen molar-refractivity contribution in [3.63, 3.8) is 0 Å². The van der Waals surface area contributed by atoms with Crippen LogP contribution in [0.1, 0.15) is 13.3 Å². The Kier molecular flexibility index (Phi) is 5.35. The summed E-state index contributed by atoms with van der Waals surface area (Å²) in [6, 6.07) is 5.46. The molecule has 0 fully saturated rings. The Labute approximate surface area is 104 Å². The molecule has 0 aliphatic heterocycles. The van der Waals surface area contributed by atoms with Crippen molar-refractivity contribution < 1.29 is 23.0 Å². The van der Waals surface area contributed by atoms with Crippen molar-refractivity contribution in [2.45, 2.75) is 26.0 Å². The Morgan fingerprint density at radius 3 is 2.39 bits per heavy atom. The maximum absolute atomic E-state index is 11.9. The van der Waals surface area contributed by atoms with Crippen molar-refractivity contribution in [2.24, 2.45) is 0 Å². The first kappa shape index (κ1) is 14.2. The van der Waals surface area contributed by atoms with Crippen LogP contribution in [0.3, 0.4) is 0 Å². The maximum atomic E-state index is 11.9. The molecule has 0 saturated heterocycles. The molecule has 1 aromatic rings. The van der Waals surface area contributed by atoms with Gasteiger partial charge in [0.05, 0.1) is 7.11 Å². The number of carbonyl (C=O) groups excluding carboxylic acids is 1. The van der Waals surface area contributed by atoms with Crippen LogP contribution in [0.25, 0.3) is 0 Å². The topological polar surface area (TPSA) is 47.6 Å². The van der Waals surface area contributed by atoms with Gasteiger partial charge in [-0.05, 0) is 30.7 Å². The fourth-order valence-corrected chi connectivity index (χ4v) is 1.40. The molecule has 1 rings (SSSR count). The lowest BCUT2D eigenvalue weighted by atomic mass is 10.2. The van der Waals surface area contributed by atoms with E-state index in [0.717, 1.165) is 0 Å². The Morgan fingerprint density at radius 2 is 1.94 bits per heavy atom. The number of rotatable bonds is 6. The van der Waals surface area contributed by atoms with E-state index < -0.39 is 12.7 Å². The number of ether oxygens (including phenoxy) is 2. The van der Waals surface area contributed by atoms with Crippen LogP contribution in [-0.2, 0) is 9.53 Å². The number of carbonyl (C=O) groups is 1. The summed E-state index contributed by atoms with van der Waals surface area (Å²) in [6.07, 6.45) is 0.557. The molecule has 100 valence electrons. The molecule has 1 aromatic carbocycles. The molecule has 0 radical (unpaired) electrons. The zero-order valence-electron chi connectivity index (χ0n) is 10.2. The molecule has 1 unspecified atom stereocenters. The lowest BCUT2D eigenvalue weighted by Gasteiger charge is -2.16. The molecule has 0 aliphatic carbocycles. The predicted octanol–water partition coefficient (Wildman–Crippen LogP) is 2.65. The third-order valence-corrected chi connectivity index (χ3v) is 2.31. The zero-order valence-corrected chi connectivity index (χ0v) is 10.2. The number of benzene rings is 1. The van der Waals surface area contributed by atoms with Crippen molar-refractivity contribution in [3.05, 3.63) is 24.3 Å². The standard InChI is InChI=1S/C12H15F2NO3/c1-3-10(11(16)17-2)15-8-4-6-9(7-5-8)18-12(13)14/h4-7,10,12,15H,3H2,1-2H3. The Balaban J connectivity index is 2.64. The van der Waals surface area contributed by atoms with E-state index in [2.05, 4.69) is 14.8 Å². The largest absolute Gasteiger partial charge is 0.467 e. The van der Waals surface area contributed by atoms with Gasteiger partial charge in [0, 0.05) is 5.69 Å². The number of alkyl halides is 2. The molecule has 18 heavy (non-hydrogen) atoms. The lowest BCUT2D eigenvalue weighted by Crippen LogP contribution is -2.29. The van der Waals surface area contributed by atoms with E-state index in [9.17, 15) is 13.6 Å². The summed E-state index contributed by atoms with van der Waals surface area (Å²) >= 11 is 0. The van der Waals surface area contributed by atoms with Crippen molar-refractivity contribution >= 4 is 11.7 Å². The summed E-state index contributed by atoms with van der Waals surface area (Å²) in [4.78, 5) is 11.4. The fourth-order valence-electron chi connectivity index (χ4n) is 1.40. The molecular weight excluding hydrogens is 244 g/mol. The summed E-state index contributed by atoms with van der Waals surface area (Å²) in [5.74, 6) is -0.299. The van der Waals surface area contributed by atoms with Crippen LogP contribution in [0, 0.1) is 0 Å². The first-order valence-electron chi connectivity index (χ1n) is 5.46. The molecule has 0 heterocycles. The van der Waals surface area contributed by atoms with E-state index in [1.807, 2.05) is 6.92 Å². The van der Waals surface area contributed by atoms with Gasteiger partial charge >= 0.3 is 12.6 Å². The minimum absolute atomic E-state index is 0.0710. The normalized spacial score (nSPS) is 12.1. The third kappa shape index (κ3) is 4.20. The smallest absolute Gasteiger partial charge is 0.387 e. The maximum Gasteiger partial charge on any atom is 0.387 e. The van der Waals surface area contributed by atoms with Crippen LogP contribution in [0.4, 0.5) is 14.5 Å². The average Bonchev–Trinajstić information content (AvgIpc) is 2.36. The van der Waals surface area contributed by atoms with Crippen LogP contribution >= 0.6 is 0 Å². The van der Waals surface area contributed by atoms with Gasteiger partial charge in [-0.25, -0.2) is 4.79 Å². The highest BCUT2D eigenvalue weighted by Gasteiger charge is 2.16. The van der Waals surface area contributed by atoms with Gasteiger partial charge in [-0.2, -0.15) is 8.78 Å². The SMILES string of the molecule is CCC(Nc1ccc(OC(F)F)cc1)C(=O)OC. The highest BCUT2D eigenvalue weighted by atomic mass is 19.3. The van der Waals surface area contributed by atoms with Gasteiger partial charge in [-0.15, -0.1) is 0 Å². The van der Waals surface area contributed by atoms with Gasteiger partial charge in [-0.1, -0.05) is 6.92 Å². The molecular formula is C12H15F2NO3. The van der Waals surface area contributed by atoms with E-state index in [1.165, 1.54) is 19.2 Å². The molecule has 1 N–H and O–H groups in total. The van der Waals surface area contributed by atoms with Gasteiger partial charge in [-0.3, -0.25) is 0 Å². The first-order valence-corrected chi connectivity index (χ1v) is 5.46. The van der Waals surface area contributed by atoms with E-state index >= 15 is 0 Å². The highest BCUT2D eigenvalue weighted by molar-refractivity contribution is 5.79. The summed E-state index contributed by atoms with van der Waals surface area (Å²) in [6.45, 7) is -1.01. The van der Waals surface area contributed by atoms with Crippen molar-refractivity contribution in [2.75, 3.05) is 12.4 Å². The summed E-state index contributed by atoms with van der Waals surface area (Å²) in [5.41, 5.74) is 0.633. The second-order valence-electron chi connectivity index (χ2n) is 3.53. The number of nitrogens with one attached hydrogen (secondary N) is 1. The zero-order chi connectivity index (χ0) is 13.5. The Hall–Kier alpha value is -1.85. The van der Waals surface area contributed by atoms with Crippen LogP contribution < -0.4 is 10.1 Å². The molecule has 6 heteroatoms. The van der Waals surface area contributed by atoms with Crippen LogP contribution in [-0.4, -0.2) is 25.7 Å². The third-order valence-electron chi connectivity index (χ3n) is 2.31. The van der Waals surface area contributed by atoms with E-state index in [1.54, 1.807) is 12.1 Å². The van der Waals surface area contributed by atoms with Crippen molar-refractivity contribution in [3.8, 4) is 5.75 Å². The predicted molar refractivity (Wildman–Crippen MR) is 62.8 cm³/mol. The molecule has 0 saturated carbocycles. The van der Waals surface area contributed by atoms with E-state index in [4.69, 9.17) is 0 Å². The minimum atomic E-state index is -2.85. The Bertz CT molecular complexity index is 381. The lowest BCUT2D eigenvalue weighted by molar-refractivity contribution is -0.141. The Morgan fingerprint density at radius 1 is 1.33 bits per heavy atom. The summed E-state index contributed by atoms with van der Waals surface area (Å²) in [5, 5.41) is 2.94. The second kappa shape index (κ2) is 6.78. The number of anilines is 1. The molecule has 0 aliphatic rings. The molecule has 4 nitrogen and oxygen atoms in total. The monoisotopic (exact) mass is 259 g/mol. The van der Waals surface area contributed by atoms with Crippen LogP contribution in [0.5, 0.6) is 5.75 Å². The summed E-state index contributed by atoms with van der Waals surface area (Å²) < 4.78 is 32.7. The molecule has 0 aromatic heterocycles. The summed E-state index contributed by atoms with van der Waals surface area (Å²) in [7, 11) is 1.31. The molecule has 0 amide bonds. The van der Waals surface area contributed by atoms with Gasteiger partial charge in [0.1, 0.15) is 11.8 Å². The molecule has 0 spiro atoms. The minimum Gasteiger partial charge on any atom is -0.467 e. The van der Waals surface area contributed by atoms with E-state index in [-0.39, 0.29) is 11.7 Å². The number of hydrogen-bond donors (Lipinski definition) is 1. The van der Waals surface area contributed by atoms with Gasteiger partial charge < -0.3 is 14.8 Å². The van der Waals surface area contributed by atoms with Gasteiger partial charge in [0.25, 0.3) is 0 Å². The number of halogens is 2. The van der Waals surface area contributed by atoms with Gasteiger partial charge in [0.15, 0.2) is 0 Å². The second-order valence-corrected chi connectivity index (χ2v) is 3.53. The first-order chi connectivity index (χ1) is 8.56. The number of esters is 1. The van der Waals surface area contributed by atoms with Gasteiger partial charge in [0.2, 0.25) is 0 Å². The average molecular weight is 259 g/mol. The van der Waals surface area contributed by atoms with Crippen LogP contribution in [0.15, 0.2) is 24.3 Å². The quantitative estimate of drug-likeness (QED) is 0.798. The van der Waals surface area contributed by atoms with Crippen molar-refractivity contribution in [1.82, 2.24) is 0 Å². The van der Waals surface area contributed by atoms with E-state index in [0.29, 0.717) is 12.1 Å². The molecule has 1 atom stereocenters. The number of methoxy groups -OCH3 is 1.